The molecule has 0 unspecified atom stereocenters. The van der Waals surface area contributed by atoms with Crippen LogP contribution in [0.15, 0.2) is 84.9 Å². The predicted octanol–water partition coefficient (Wildman–Crippen LogP) is 1.77. The second kappa shape index (κ2) is 30.5. The van der Waals surface area contributed by atoms with Crippen molar-refractivity contribution in [2.45, 2.75) is 101 Å². The van der Waals surface area contributed by atoms with Crippen molar-refractivity contribution in [3.05, 3.63) is 107 Å². The number of hydrogen-bond donors (Lipinski definition) is 12. The first-order valence-corrected chi connectivity index (χ1v) is 25.7. The number of methoxy groups -OCH3 is 1. The largest absolute Gasteiger partial charge is 0.493 e. The first-order chi connectivity index (χ1) is 37.8. The van der Waals surface area contributed by atoms with Gasteiger partial charge in [0.05, 0.1) is 7.11 Å². The van der Waals surface area contributed by atoms with Crippen molar-refractivity contribution in [1.29, 1.82) is 0 Å². The highest BCUT2D eigenvalue weighted by Crippen LogP contribution is 2.30. The molecule has 7 amide bonds. The maximum atomic E-state index is 13.7. The van der Waals surface area contributed by atoms with Gasteiger partial charge in [0.2, 0.25) is 17.7 Å². The molecule has 80 heavy (non-hydrogen) atoms. The number of halogens is 1. The van der Waals surface area contributed by atoms with Crippen LogP contribution in [0.1, 0.15) is 89.6 Å². The molecule has 0 heterocycles. The van der Waals surface area contributed by atoms with Crippen LogP contribution in [0.3, 0.4) is 0 Å². The summed E-state index contributed by atoms with van der Waals surface area (Å²) in [5.41, 5.74) is 0.904. The third-order valence-corrected chi connectivity index (χ3v) is 12.2. The highest BCUT2D eigenvalue weighted by molar-refractivity contribution is 7.81. The normalized spacial score (nSPS) is 12.9. The molecule has 0 saturated heterocycles. The molecule has 27 nitrogen and oxygen atoms in total. The third-order valence-electron chi connectivity index (χ3n) is 11.8. The van der Waals surface area contributed by atoms with Gasteiger partial charge >= 0.3 is 46.4 Å². The number of benzene rings is 4. The summed E-state index contributed by atoms with van der Waals surface area (Å²) in [6.07, 6.45) is -3.04. The van der Waals surface area contributed by atoms with Crippen molar-refractivity contribution in [2.24, 2.45) is 0 Å². The summed E-state index contributed by atoms with van der Waals surface area (Å²) < 4.78 is 44.3. The average Bonchev–Trinajstić information content (AvgIpc) is 3.39. The van der Waals surface area contributed by atoms with Crippen molar-refractivity contribution < 1.29 is 99.5 Å². The number of carbonyl (C=O) groups excluding carboxylic acids is 6. The van der Waals surface area contributed by atoms with Gasteiger partial charge in [-0.3, -0.25) is 38.4 Å². The van der Waals surface area contributed by atoms with E-state index in [0.717, 1.165) is 36.1 Å². The highest BCUT2D eigenvalue weighted by atomic mass is 32.3. The zero-order chi connectivity index (χ0) is 59.1. The minimum Gasteiger partial charge on any atom is -0.493 e. The lowest BCUT2D eigenvalue weighted by molar-refractivity contribution is -0.141. The Morgan fingerprint density at radius 2 is 1.02 bits per heavy atom. The Balaban J connectivity index is 1.41. The molecule has 0 aliphatic rings. The molecule has 0 aromatic heterocycles. The first kappa shape index (κ1) is 63.1. The van der Waals surface area contributed by atoms with E-state index in [0.29, 0.717) is 11.1 Å². The van der Waals surface area contributed by atoms with E-state index in [4.69, 9.17) is 9.84 Å². The number of aliphatic carboxylic acids is 5. The van der Waals surface area contributed by atoms with Gasteiger partial charge in [0.15, 0.2) is 11.5 Å². The second-order valence-electron chi connectivity index (χ2n) is 17.7. The molecular formula is C51H58FN7O20S. The maximum Gasteiger partial charge on any atom is 0.488 e. The molecule has 0 spiro atoms. The number of hydrogen-bond acceptors (Lipinski definition) is 15. The molecule has 0 fully saturated rings. The van der Waals surface area contributed by atoms with E-state index < -0.39 is 156 Å². The molecule has 4 aromatic rings. The number of ether oxygens (including phenoxy) is 1. The standard InChI is InChI=1S/C51H58FN7O20S/c1-78-40-26-33(15-19-39(40)79-80(52,76)77)45(67)55-35(17-21-42(62)63)48(70)56-34(16-20-41(60)61)46(68)54-27-28-9-13-31(14-10-28)44(66)57-38(25-29-11-12-30-6-2-3-7-32(30)24-29)47(69)53-23-5-4-8-36(49(71)72)58-51(75)59-37(50(73)74)18-22-43(64)65/h2-3,6-7,9-15,19,24,26,34-38H,4-5,8,16-18,20-23,25,27H2,1H3,(H,53,69)(H,54,68)(H,55,67)(H,56,70)(H,57,66)(H,60,61)(H,62,63)(H,64,65)(H,71,72)(H,73,74)(H2,58,59,75)/t34-,35-,36-,37-,38-/m0/s1. The van der Waals surface area contributed by atoms with Crippen LogP contribution in [-0.2, 0) is 61.8 Å². The molecule has 0 aliphatic heterocycles. The van der Waals surface area contributed by atoms with Gasteiger partial charge in [0.25, 0.3) is 11.8 Å². The molecule has 12 N–H and O–H groups in total. The van der Waals surface area contributed by atoms with Crippen LogP contribution >= 0.6 is 0 Å². The fourth-order valence-electron chi connectivity index (χ4n) is 7.66. The van der Waals surface area contributed by atoms with E-state index >= 15 is 0 Å². The summed E-state index contributed by atoms with van der Waals surface area (Å²) in [4.78, 5) is 137. The SMILES string of the molecule is COc1cc(C(=O)N[C@@H](CCC(=O)O)C(=O)N[C@@H](CCC(=O)O)C(=O)NCc2ccc(C(=O)N[C@@H](Cc3ccc4ccccc4c3)C(=O)NCCCC[C@H](NC(=O)N[C@@H](CCC(=O)O)C(=O)O)C(=O)O)cc2)ccc1OS(=O)(=O)F. The van der Waals surface area contributed by atoms with Crippen LogP contribution in [0.25, 0.3) is 10.8 Å². The molecule has 5 atom stereocenters. The van der Waals surface area contributed by atoms with Gasteiger partial charge in [-0.2, -0.15) is 8.42 Å². The minimum atomic E-state index is -5.49. The molecule has 0 aliphatic carbocycles. The number of nitrogens with one attached hydrogen (secondary N) is 7. The minimum absolute atomic E-state index is 0.00507. The van der Waals surface area contributed by atoms with Crippen LogP contribution in [0.4, 0.5) is 8.68 Å². The van der Waals surface area contributed by atoms with Gasteiger partial charge in [0, 0.05) is 49.9 Å². The molecule has 0 bridgehead atoms. The van der Waals surface area contributed by atoms with Gasteiger partial charge in [0.1, 0.15) is 30.2 Å². The van der Waals surface area contributed by atoms with Gasteiger partial charge in [-0.25, -0.2) is 14.4 Å². The van der Waals surface area contributed by atoms with Crippen LogP contribution < -0.4 is 46.1 Å². The number of urea groups is 1. The summed E-state index contributed by atoms with van der Waals surface area (Å²) in [5, 5.41) is 65.2. The monoisotopic (exact) mass is 1140 g/mol. The van der Waals surface area contributed by atoms with Crippen molar-refractivity contribution in [2.75, 3.05) is 13.7 Å². The molecule has 0 radical (unpaired) electrons. The number of fused-ring (bicyclic) bond motifs is 1. The third kappa shape index (κ3) is 21.5. The Labute approximate surface area is 455 Å². The predicted molar refractivity (Wildman–Crippen MR) is 276 cm³/mol. The first-order valence-electron chi connectivity index (χ1n) is 24.4. The summed E-state index contributed by atoms with van der Waals surface area (Å²) in [6, 6.07) is 12.9. The summed E-state index contributed by atoms with van der Waals surface area (Å²) in [7, 11) is -4.44. The van der Waals surface area contributed by atoms with E-state index in [9.17, 15) is 85.5 Å². The fourth-order valence-corrected chi connectivity index (χ4v) is 8.01. The maximum absolute atomic E-state index is 13.7. The van der Waals surface area contributed by atoms with Gasteiger partial charge in [-0.15, -0.1) is 0 Å². The molecule has 430 valence electrons. The van der Waals surface area contributed by atoms with Gasteiger partial charge in [-0.1, -0.05) is 58.5 Å². The smallest absolute Gasteiger partial charge is 0.488 e. The van der Waals surface area contributed by atoms with Crippen LogP contribution in [0, 0.1) is 0 Å². The fraction of sp³-hybridized carbons (Fsp3) is 0.353. The van der Waals surface area contributed by atoms with Crippen molar-refractivity contribution in [3.8, 4) is 11.5 Å². The second-order valence-corrected chi connectivity index (χ2v) is 18.7. The van der Waals surface area contributed by atoms with Crippen LogP contribution in [0.5, 0.6) is 11.5 Å². The Bertz CT molecular complexity index is 3050. The Morgan fingerprint density at radius 3 is 1.60 bits per heavy atom. The molecular weight excluding hydrogens is 1080 g/mol. The Kier molecular flexibility index (Phi) is 24.1. The number of carbonyl (C=O) groups is 11. The molecule has 29 heteroatoms. The quantitative estimate of drug-likeness (QED) is 0.0239. The van der Waals surface area contributed by atoms with Crippen molar-refractivity contribution in [1.82, 2.24) is 37.2 Å². The highest BCUT2D eigenvalue weighted by Gasteiger charge is 2.30. The van der Waals surface area contributed by atoms with Gasteiger partial charge < -0.3 is 71.7 Å². The van der Waals surface area contributed by atoms with E-state index in [1.807, 2.05) is 41.7 Å². The summed E-state index contributed by atoms with van der Waals surface area (Å²) in [5.74, 6) is -12.3. The van der Waals surface area contributed by atoms with E-state index in [1.54, 1.807) is 6.07 Å². The van der Waals surface area contributed by atoms with E-state index in [-0.39, 0.29) is 49.9 Å². The zero-order valence-electron chi connectivity index (χ0n) is 42.6. The lowest BCUT2D eigenvalue weighted by Gasteiger charge is -2.23. The van der Waals surface area contributed by atoms with Crippen LogP contribution in [0.2, 0.25) is 0 Å². The van der Waals surface area contributed by atoms with Gasteiger partial charge in [-0.05, 0) is 90.8 Å². The van der Waals surface area contributed by atoms with E-state index in [2.05, 4.69) is 36.1 Å². The summed E-state index contributed by atoms with van der Waals surface area (Å²) in [6.45, 7) is -0.223. The lowest BCUT2D eigenvalue weighted by Crippen LogP contribution is -2.53. The zero-order valence-corrected chi connectivity index (χ0v) is 43.4. The van der Waals surface area contributed by atoms with Crippen molar-refractivity contribution in [3.63, 3.8) is 0 Å². The van der Waals surface area contributed by atoms with E-state index in [1.165, 1.54) is 24.3 Å². The number of amides is 7. The Morgan fingerprint density at radius 1 is 0.512 bits per heavy atom. The summed E-state index contributed by atoms with van der Waals surface area (Å²) >= 11 is 0. The average molecular weight is 1140 g/mol. The van der Waals surface area contributed by atoms with Crippen LogP contribution in [-0.4, -0.2) is 143 Å². The topological polar surface area (TPSA) is 426 Å². The number of carboxylic acid groups (broad SMARTS) is 5. The molecule has 4 aromatic carbocycles. The number of unbranched alkanes of at least 4 members (excludes halogenated alkanes) is 1. The van der Waals surface area contributed by atoms with Crippen molar-refractivity contribution >= 4 is 86.7 Å². The number of rotatable bonds is 33. The number of carboxylic acids is 5. The molecule has 0 saturated carbocycles. The Hall–Kier alpha value is -9.41. The lowest BCUT2D eigenvalue weighted by atomic mass is 10.0. The molecule has 4 rings (SSSR count).